The third kappa shape index (κ3) is 3.45. The number of fused-ring (bicyclic) bond motifs is 2. The van der Waals surface area contributed by atoms with E-state index >= 15 is 0 Å². The van der Waals surface area contributed by atoms with Gasteiger partial charge in [-0.15, -0.1) is 0 Å². The molecule has 0 spiro atoms. The molecular weight excluding hydrogens is 472 g/mol. The zero-order chi connectivity index (χ0) is 22.6. The van der Waals surface area contributed by atoms with Gasteiger partial charge in [-0.25, -0.2) is 4.98 Å². The summed E-state index contributed by atoms with van der Waals surface area (Å²) in [6, 6.07) is 10.8. The molecule has 2 amide bonds. The molecule has 162 valence electrons. The Hall–Kier alpha value is -3.25. The number of nitrogens with zero attached hydrogens (tertiary/aromatic N) is 4. The number of halogens is 1. The van der Waals surface area contributed by atoms with E-state index in [1.807, 2.05) is 37.3 Å². The number of nitriles is 1. The number of rotatable bonds is 4. The number of carbonyl (C=O) groups is 2. The Morgan fingerprint density at radius 2 is 2.16 bits per heavy atom. The lowest BCUT2D eigenvalue weighted by atomic mass is 10.0. The van der Waals surface area contributed by atoms with E-state index in [2.05, 4.69) is 49.4 Å². The van der Waals surface area contributed by atoms with E-state index < -0.39 is 6.04 Å². The maximum Gasteiger partial charge on any atom is 0.248 e. The van der Waals surface area contributed by atoms with Gasteiger partial charge >= 0.3 is 0 Å². The number of hydrogen-bond donors (Lipinski definition) is 2. The summed E-state index contributed by atoms with van der Waals surface area (Å²) in [7, 11) is 0. The fourth-order valence-electron chi connectivity index (χ4n) is 4.71. The highest BCUT2D eigenvalue weighted by molar-refractivity contribution is 9.10. The predicted molar refractivity (Wildman–Crippen MR) is 122 cm³/mol. The second-order valence-electron chi connectivity index (χ2n) is 8.92. The van der Waals surface area contributed by atoms with Gasteiger partial charge in [0.15, 0.2) is 5.69 Å². The minimum Gasteiger partial charge on any atom is -0.327 e. The number of aromatic nitrogens is 3. The zero-order valence-corrected chi connectivity index (χ0v) is 19.2. The quantitative estimate of drug-likeness (QED) is 0.541. The predicted octanol–water partition coefficient (Wildman–Crippen LogP) is 3.46. The van der Waals surface area contributed by atoms with Crippen LogP contribution in [0, 0.1) is 23.7 Å². The summed E-state index contributed by atoms with van der Waals surface area (Å²) in [5.74, 6) is 0.200. The van der Waals surface area contributed by atoms with Crippen LogP contribution in [-0.4, -0.2) is 44.0 Å². The molecular formula is C23H21BrN6O2. The van der Waals surface area contributed by atoms with Crippen LogP contribution in [0.3, 0.4) is 0 Å². The summed E-state index contributed by atoms with van der Waals surface area (Å²) in [6.07, 6.45) is 1.72. The van der Waals surface area contributed by atoms with E-state index in [0.29, 0.717) is 27.9 Å². The molecule has 2 aliphatic rings. The van der Waals surface area contributed by atoms with Crippen LogP contribution in [0.25, 0.3) is 10.9 Å². The average molecular weight is 493 g/mol. The van der Waals surface area contributed by atoms with Crippen LogP contribution in [0.1, 0.15) is 36.6 Å². The van der Waals surface area contributed by atoms with Crippen molar-refractivity contribution in [3.05, 3.63) is 51.8 Å². The molecule has 0 unspecified atom stereocenters. The first kappa shape index (κ1) is 20.6. The standard InChI is InChI=1S/C23H21BrN6O2/c1-12-3-6-19(24)26-21(12)27-22(32)17-9-23(2)10-18(23)30(17)20(31)8-13-4-5-15-14(7-13)16(11-25)29-28-15/h3-7,17-18H,8-10H2,1-2H3,(H,28,29)(H,26,27,32)/t17-,18+,23-/m0/s1. The molecule has 3 aromatic rings. The number of hydrogen-bond acceptors (Lipinski definition) is 5. The van der Waals surface area contributed by atoms with Gasteiger partial charge in [0.25, 0.3) is 0 Å². The Morgan fingerprint density at radius 3 is 2.94 bits per heavy atom. The molecule has 1 saturated heterocycles. The van der Waals surface area contributed by atoms with Crippen molar-refractivity contribution in [3.8, 4) is 6.07 Å². The van der Waals surface area contributed by atoms with Crippen molar-refractivity contribution in [2.75, 3.05) is 5.32 Å². The fraction of sp³-hybridized carbons (Fsp3) is 0.348. The SMILES string of the molecule is Cc1ccc(Br)nc1NC(=O)[C@@H]1C[C@@]2(C)C[C@H]2N1C(=O)Cc1ccc2[nH]nc(C#N)c2c1. The van der Waals surface area contributed by atoms with Crippen LogP contribution in [-0.2, 0) is 16.0 Å². The number of nitrogens with one attached hydrogen (secondary N) is 2. The first-order chi connectivity index (χ1) is 15.3. The van der Waals surface area contributed by atoms with Gasteiger partial charge in [-0.2, -0.15) is 10.4 Å². The lowest BCUT2D eigenvalue weighted by molar-refractivity contribution is -0.137. The number of anilines is 1. The smallest absolute Gasteiger partial charge is 0.248 e. The van der Waals surface area contributed by atoms with E-state index in [1.54, 1.807) is 4.90 Å². The molecule has 0 bridgehead atoms. The number of piperidine rings is 1. The minimum atomic E-state index is -0.529. The summed E-state index contributed by atoms with van der Waals surface area (Å²) in [6.45, 7) is 4.01. The summed E-state index contributed by atoms with van der Waals surface area (Å²) < 4.78 is 0.638. The Morgan fingerprint density at radius 1 is 1.34 bits per heavy atom. The molecule has 8 nitrogen and oxygen atoms in total. The van der Waals surface area contributed by atoms with Crippen molar-refractivity contribution in [1.29, 1.82) is 5.26 Å². The second kappa shape index (κ2) is 7.41. The monoisotopic (exact) mass is 492 g/mol. The van der Waals surface area contributed by atoms with E-state index in [9.17, 15) is 14.9 Å². The number of carbonyl (C=O) groups excluding carboxylic acids is 2. The van der Waals surface area contributed by atoms with E-state index in [0.717, 1.165) is 23.1 Å². The molecule has 2 fully saturated rings. The number of likely N-dealkylation sites (tertiary alicyclic amines) is 1. The van der Waals surface area contributed by atoms with Crippen molar-refractivity contribution in [3.63, 3.8) is 0 Å². The third-order valence-corrected chi connectivity index (χ3v) is 7.06. The van der Waals surface area contributed by atoms with E-state index in [-0.39, 0.29) is 29.7 Å². The molecule has 1 saturated carbocycles. The molecule has 2 aromatic heterocycles. The molecule has 1 aliphatic heterocycles. The van der Waals surface area contributed by atoms with Crippen LogP contribution < -0.4 is 5.32 Å². The molecule has 1 aliphatic carbocycles. The summed E-state index contributed by atoms with van der Waals surface area (Å²) in [5, 5.41) is 19.6. The molecule has 32 heavy (non-hydrogen) atoms. The van der Waals surface area contributed by atoms with Crippen LogP contribution in [0.5, 0.6) is 0 Å². The highest BCUT2D eigenvalue weighted by Crippen LogP contribution is 2.59. The molecule has 2 N–H and O–H groups in total. The number of pyridine rings is 1. The number of aryl methyl sites for hydroxylation is 1. The van der Waals surface area contributed by atoms with Gasteiger partial charge in [0.1, 0.15) is 22.5 Å². The summed E-state index contributed by atoms with van der Waals surface area (Å²) in [5.41, 5.74) is 2.69. The Balaban J connectivity index is 1.37. The largest absolute Gasteiger partial charge is 0.327 e. The topological polar surface area (TPSA) is 115 Å². The van der Waals surface area contributed by atoms with Gasteiger partial charge in [0, 0.05) is 11.4 Å². The van der Waals surface area contributed by atoms with Gasteiger partial charge < -0.3 is 10.2 Å². The van der Waals surface area contributed by atoms with E-state index in [4.69, 9.17) is 0 Å². The van der Waals surface area contributed by atoms with Gasteiger partial charge in [-0.3, -0.25) is 14.7 Å². The van der Waals surface area contributed by atoms with Crippen molar-refractivity contribution < 1.29 is 9.59 Å². The van der Waals surface area contributed by atoms with Crippen molar-refractivity contribution in [1.82, 2.24) is 20.1 Å². The Bertz CT molecular complexity index is 1310. The summed E-state index contributed by atoms with van der Waals surface area (Å²) >= 11 is 3.34. The number of aromatic amines is 1. The first-order valence-corrected chi connectivity index (χ1v) is 11.2. The number of amides is 2. The van der Waals surface area contributed by atoms with Gasteiger partial charge in [-0.05, 0) is 70.4 Å². The van der Waals surface area contributed by atoms with Crippen LogP contribution >= 0.6 is 15.9 Å². The lowest BCUT2D eigenvalue weighted by Crippen LogP contribution is -2.46. The average Bonchev–Trinajstić information content (AvgIpc) is 3.11. The van der Waals surface area contributed by atoms with Crippen molar-refractivity contribution in [2.45, 2.75) is 45.2 Å². The van der Waals surface area contributed by atoms with Crippen LogP contribution in [0.2, 0.25) is 0 Å². The molecule has 3 heterocycles. The lowest BCUT2D eigenvalue weighted by Gasteiger charge is -2.27. The maximum atomic E-state index is 13.3. The molecule has 3 atom stereocenters. The Kier molecular flexibility index (Phi) is 4.78. The fourth-order valence-corrected chi connectivity index (χ4v) is 5.02. The minimum absolute atomic E-state index is 0.0140. The molecule has 9 heteroatoms. The number of benzene rings is 1. The maximum absolute atomic E-state index is 13.3. The van der Waals surface area contributed by atoms with Gasteiger partial charge in [0.05, 0.1) is 11.9 Å². The van der Waals surface area contributed by atoms with Crippen molar-refractivity contribution in [2.24, 2.45) is 5.41 Å². The number of H-pyrrole nitrogens is 1. The van der Waals surface area contributed by atoms with Gasteiger partial charge in [-0.1, -0.05) is 19.1 Å². The molecule has 0 radical (unpaired) electrons. The van der Waals surface area contributed by atoms with Gasteiger partial charge in [0.2, 0.25) is 11.8 Å². The summed E-state index contributed by atoms with van der Waals surface area (Å²) in [4.78, 5) is 32.6. The second-order valence-corrected chi connectivity index (χ2v) is 9.74. The molecule has 5 rings (SSSR count). The van der Waals surface area contributed by atoms with Crippen LogP contribution in [0.4, 0.5) is 5.82 Å². The van der Waals surface area contributed by atoms with Crippen molar-refractivity contribution >= 4 is 44.5 Å². The third-order valence-electron chi connectivity index (χ3n) is 6.62. The van der Waals surface area contributed by atoms with Crippen LogP contribution in [0.15, 0.2) is 34.9 Å². The van der Waals surface area contributed by atoms with E-state index in [1.165, 1.54) is 0 Å². The normalized spacial score (nSPS) is 23.6. The Labute approximate surface area is 193 Å². The zero-order valence-electron chi connectivity index (χ0n) is 17.6. The highest BCUT2D eigenvalue weighted by Gasteiger charge is 2.64. The first-order valence-electron chi connectivity index (χ1n) is 10.4. The highest BCUT2D eigenvalue weighted by atomic mass is 79.9. The molecule has 1 aromatic carbocycles.